The van der Waals surface area contributed by atoms with E-state index in [0.717, 1.165) is 0 Å². The topological polar surface area (TPSA) is 18.5 Å². The number of hydrogen-bond donors (Lipinski definition) is 0. The second-order valence-corrected chi connectivity index (χ2v) is 4.71. The van der Waals surface area contributed by atoms with E-state index in [-0.39, 0.29) is 11.1 Å². The van der Waals surface area contributed by atoms with Crippen LogP contribution in [0.2, 0.25) is 0 Å². The van der Waals surface area contributed by atoms with Crippen LogP contribution in [0, 0.1) is 0 Å². The summed E-state index contributed by atoms with van der Waals surface area (Å²) in [6.07, 6.45) is 0. The number of methoxy groups -OCH3 is 2. The van der Waals surface area contributed by atoms with Crippen LogP contribution in [0.15, 0.2) is 60.2 Å². The SMILES string of the molecule is COc1ccc(C(F)=C(F)C(F)=C(F)c2ccc(OC)cc2)cc1. The van der Waals surface area contributed by atoms with Crippen LogP contribution in [0.3, 0.4) is 0 Å². The van der Waals surface area contributed by atoms with Gasteiger partial charge < -0.3 is 9.47 Å². The van der Waals surface area contributed by atoms with Crippen LogP contribution < -0.4 is 9.47 Å². The molecule has 0 fully saturated rings. The fourth-order valence-electron chi connectivity index (χ4n) is 1.92. The lowest BCUT2D eigenvalue weighted by Crippen LogP contribution is -1.89. The molecule has 0 saturated heterocycles. The minimum absolute atomic E-state index is 0.231. The quantitative estimate of drug-likeness (QED) is 0.520. The summed E-state index contributed by atoms with van der Waals surface area (Å²) in [4.78, 5) is 0. The van der Waals surface area contributed by atoms with Gasteiger partial charge in [-0.05, 0) is 48.5 Å². The number of halogens is 4. The molecule has 0 aliphatic carbocycles. The van der Waals surface area contributed by atoms with Crippen molar-refractivity contribution in [3.63, 3.8) is 0 Å². The molecule has 2 rings (SSSR count). The summed E-state index contributed by atoms with van der Waals surface area (Å²) in [6.45, 7) is 0. The predicted molar refractivity (Wildman–Crippen MR) is 84.3 cm³/mol. The van der Waals surface area contributed by atoms with Crippen LogP contribution in [0.1, 0.15) is 11.1 Å². The Morgan fingerprint density at radius 1 is 0.583 bits per heavy atom. The highest BCUT2D eigenvalue weighted by atomic mass is 19.2. The summed E-state index contributed by atoms with van der Waals surface area (Å²) >= 11 is 0. The maximum Gasteiger partial charge on any atom is 0.198 e. The highest BCUT2D eigenvalue weighted by Gasteiger charge is 2.19. The van der Waals surface area contributed by atoms with Crippen molar-refractivity contribution in [3.8, 4) is 11.5 Å². The average Bonchev–Trinajstić information content (AvgIpc) is 2.65. The normalized spacial score (nSPS) is 13.1. The third-order valence-corrected chi connectivity index (χ3v) is 3.27. The van der Waals surface area contributed by atoms with Crippen LogP contribution in [-0.4, -0.2) is 14.2 Å². The van der Waals surface area contributed by atoms with Gasteiger partial charge in [-0.25, -0.2) is 17.6 Å². The lowest BCUT2D eigenvalue weighted by Gasteiger charge is -2.05. The summed E-state index contributed by atoms with van der Waals surface area (Å²) in [5.74, 6) is -5.97. The minimum atomic E-state index is -1.91. The molecule has 0 aromatic heterocycles. The number of allylic oxidation sites excluding steroid dienone is 2. The molecule has 6 heteroatoms. The molecule has 2 nitrogen and oxygen atoms in total. The molecule has 2 aromatic rings. The Labute approximate surface area is 136 Å². The first kappa shape index (κ1) is 17.6. The van der Waals surface area contributed by atoms with Crippen LogP contribution in [0.25, 0.3) is 11.7 Å². The molecule has 0 heterocycles. The summed E-state index contributed by atoms with van der Waals surface area (Å²) in [5.41, 5.74) is -0.461. The van der Waals surface area contributed by atoms with Gasteiger partial charge in [0.2, 0.25) is 0 Å². The van der Waals surface area contributed by atoms with E-state index in [2.05, 4.69) is 0 Å². The van der Waals surface area contributed by atoms with E-state index in [0.29, 0.717) is 11.5 Å². The Kier molecular flexibility index (Phi) is 5.63. The van der Waals surface area contributed by atoms with Crippen molar-refractivity contribution in [3.05, 3.63) is 71.3 Å². The zero-order valence-electron chi connectivity index (χ0n) is 12.9. The number of hydrogen-bond acceptors (Lipinski definition) is 2. The standard InChI is InChI=1S/C18H14F4O2/c1-23-13-7-3-11(4-8-13)15(19)17(21)18(22)16(20)12-5-9-14(24-2)10-6-12/h3-10H,1-2H3. The van der Waals surface area contributed by atoms with E-state index < -0.39 is 23.3 Å². The smallest absolute Gasteiger partial charge is 0.198 e. The molecule has 126 valence electrons. The van der Waals surface area contributed by atoms with Crippen LogP contribution in [-0.2, 0) is 0 Å². The molecule has 0 aliphatic rings. The van der Waals surface area contributed by atoms with Crippen LogP contribution in [0.4, 0.5) is 17.6 Å². The molecule has 0 radical (unpaired) electrons. The highest BCUT2D eigenvalue weighted by molar-refractivity contribution is 5.71. The summed E-state index contributed by atoms with van der Waals surface area (Å²) in [6, 6.07) is 10.3. The summed E-state index contributed by atoms with van der Waals surface area (Å²) in [7, 11) is 2.82. The monoisotopic (exact) mass is 338 g/mol. The van der Waals surface area contributed by atoms with E-state index in [4.69, 9.17) is 9.47 Å². The van der Waals surface area contributed by atoms with Gasteiger partial charge in [-0.15, -0.1) is 0 Å². The van der Waals surface area contributed by atoms with Crippen LogP contribution in [0.5, 0.6) is 11.5 Å². The van der Waals surface area contributed by atoms with Gasteiger partial charge in [0.15, 0.2) is 23.3 Å². The van der Waals surface area contributed by atoms with Gasteiger partial charge in [-0.3, -0.25) is 0 Å². The van der Waals surface area contributed by atoms with Gasteiger partial charge >= 0.3 is 0 Å². The first-order valence-electron chi connectivity index (χ1n) is 6.87. The van der Waals surface area contributed by atoms with Crippen LogP contribution >= 0.6 is 0 Å². The van der Waals surface area contributed by atoms with E-state index in [1.54, 1.807) is 0 Å². The lowest BCUT2D eigenvalue weighted by atomic mass is 10.1. The molecule has 0 amide bonds. The first-order valence-corrected chi connectivity index (χ1v) is 6.87. The second kappa shape index (κ2) is 7.68. The molecule has 2 aromatic carbocycles. The highest BCUT2D eigenvalue weighted by Crippen LogP contribution is 2.33. The summed E-state index contributed by atoms with van der Waals surface area (Å²) in [5, 5.41) is 0. The Morgan fingerprint density at radius 3 is 1.12 bits per heavy atom. The molecule has 0 bridgehead atoms. The number of ether oxygens (including phenoxy) is 2. The Hall–Kier alpha value is -2.76. The van der Waals surface area contributed by atoms with Gasteiger partial charge in [-0.2, -0.15) is 0 Å². The third-order valence-electron chi connectivity index (χ3n) is 3.27. The third kappa shape index (κ3) is 3.76. The second-order valence-electron chi connectivity index (χ2n) is 4.71. The van der Waals surface area contributed by atoms with Gasteiger partial charge in [0.05, 0.1) is 14.2 Å². The molecule has 0 N–H and O–H groups in total. The van der Waals surface area contributed by atoms with Gasteiger partial charge in [0, 0.05) is 11.1 Å². The van der Waals surface area contributed by atoms with Gasteiger partial charge in [0.1, 0.15) is 11.5 Å². The van der Waals surface area contributed by atoms with E-state index in [9.17, 15) is 17.6 Å². The zero-order valence-corrected chi connectivity index (χ0v) is 12.9. The molecule has 0 atom stereocenters. The maximum atomic E-state index is 14.0. The van der Waals surface area contributed by atoms with Crippen molar-refractivity contribution in [2.45, 2.75) is 0 Å². The van der Waals surface area contributed by atoms with Crippen molar-refractivity contribution < 1.29 is 27.0 Å². The molecular formula is C18H14F4O2. The Morgan fingerprint density at radius 2 is 0.875 bits per heavy atom. The van der Waals surface area contributed by atoms with Gasteiger partial charge in [0.25, 0.3) is 0 Å². The molecule has 0 unspecified atom stereocenters. The fourth-order valence-corrected chi connectivity index (χ4v) is 1.92. The predicted octanol–water partition coefficient (Wildman–Crippen LogP) is 5.62. The molecule has 24 heavy (non-hydrogen) atoms. The largest absolute Gasteiger partial charge is 0.497 e. The van der Waals surface area contributed by atoms with Crippen molar-refractivity contribution in [1.82, 2.24) is 0 Å². The Balaban J connectivity index is 2.37. The molecule has 0 aliphatic heterocycles. The minimum Gasteiger partial charge on any atom is -0.497 e. The van der Waals surface area contributed by atoms with Crippen molar-refractivity contribution in [1.29, 1.82) is 0 Å². The van der Waals surface area contributed by atoms with Crippen molar-refractivity contribution in [2.75, 3.05) is 14.2 Å². The van der Waals surface area contributed by atoms with E-state index in [1.807, 2.05) is 0 Å². The molecule has 0 spiro atoms. The van der Waals surface area contributed by atoms with Crippen molar-refractivity contribution >= 4 is 11.7 Å². The number of rotatable bonds is 5. The zero-order chi connectivity index (χ0) is 17.7. The molecular weight excluding hydrogens is 324 g/mol. The Bertz CT molecular complexity index is 695. The summed E-state index contributed by atoms with van der Waals surface area (Å²) < 4.78 is 65.6. The van der Waals surface area contributed by atoms with E-state index in [1.165, 1.54) is 62.8 Å². The fraction of sp³-hybridized carbons (Fsp3) is 0.111. The van der Waals surface area contributed by atoms with Gasteiger partial charge in [-0.1, -0.05) is 0 Å². The van der Waals surface area contributed by atoms with E-state index >= 15 is 0 Å². The lowest BCUT2D eigenvalue weighted by molar-refractivity contribution is 0.414. The molecule has 0 saturated carbocycles. The first-order chi connectivity index (χ1) is 11.5. The average molecular weight is 338 g/mol. The van der Waals surface area contributed by atoms with Crippen molar-refractivity contribution in [2.24, 2.45) is 0 Å². The number of benzene rings is 2. The maximum absolute atomic E-state index is 14.0.